The minimum atomic E-state index is -1.97. The quantitative estimate of drug-likeness (QED) is 0.269. The van der Waals surface area contributed by atoms with Crippen LogP contribution in [0.1, 0.15) is 0 Å². The lowest BCUT2D eigenvalue weighted by molar-refractivity contribution is 0.423. The third kappa shape index (κ3) is 3.73. The van der Waals surface area contributed by atoms with Gasteiger partial charge in [-0.2, -0.15) is 0 Å². The molecule has 0 bridgehead atoms. The van der Waals surface area contributed by atoms with Crippen molar-refractivity contribution >= 4 is 45.8 Å². The SMILES string of the molecule is OB(O)c1cc(-n2c3ccccc3c3ccccc32)cc(-c2ccccc2Nc2ccccc2)c1F. The summed E-state index contributed by atoms with van der Waals surface area (Å²) in [6, 6.07) is 36.4. The van der Waals surface area contributed by atoms with Crippen LogP contribution in [-0.4, -0.2) is 21.7 Å². The van der Waals surface area contributed by atoms with Gasteiger partial charge in [0.25, 0.3) is 0 Å². The predicted molar refractivity (Wildman–Crippen MR) is 146 cm³/mol. The van der Waals surface area contributed by atoms with Crippen molar-refractivity contribution in [2.24, 2.45) is 0 Å². The normalized spacial score (nSPS) is 11.2. The molecule has 1 heterocycles. The summed E-state index contributed by atoms with van der Waals surface area (Å²) < 4.78 is 17.9. The summed E-state index contributed by atoms with van der Waals surface area (Å²) in [5.74, 6) is -0.670. The fourth-order valence-electron chi connectivity index (χ4n) is 4.85. The highest BCUT2D eigenvalue weighted by atomic mass is 19.1. The van der Waals surface area contributed by atoms with Gasteiger partial charge in [-0.05, 0) is 42.5 Å². The summed E-state index contributed by atoms with van der Waals surface area (Å²) in [4.78, 5) is 0. The predicted octanol–water partition coefficient (Wildman–Crippen LogP) is 6.01. The molecule has 0 aliphatic carbocycles. The zero-order valence-corrected chi connectivity index (χ0v) is 19.3. The monoisotopic (exact) mass is 472 g/mol. The molecule has 174 valence electrons. The minimum Gasteiger partial charge on any atom is -0.423 e. The van der Waals surface area contributed by atoms with Crippen molar-refractivity contribution in [3.8, 4) is 16.8 Å². The molecule has 1 aromatic heterocycles. The number of aromatic nitrogens is 1. The van der Waals surface area contributed by atoms with Crippen molar-refractivity contribution in [1.29, 1.82) is 0 Å². The van der Waals surface area contributed by atoms with Crippen molar-refractivity contribution < 1.29 is 14.4 Å². The van der Waals surface area contributed by atoms with Crippen LogP contribution in [0.15, 0.2) is 115 Å². The zero-order valence-electron chi connectivity index (χ0n) is 19.3. The number of benzene rings is 5. The Labute approximate surface area is 208 Å². The smallest absolute Gasteiger partial charge is 0.423 e. The summed E-state index contributed by atoms with van der Waals surface area (Å²) in [5, 5.41) is 25.7. The molecular weight excluding hydrogens is 450 g/mol. The third-order valence-corrected chi connectivity index (χ3v) is 6.47. The van der Waals surface area contributed by atoms with Crippen LogP contribution < -0.4 is 10.8 Å². The first-order valence-electron chi connectivity index (χ1n) is 11.7. The molecule has 4 nitrogen and oxygen atoms in total. The van der Waals surface area contributed by atoms with Crippen molar-refractivity contribution in [2.75, 3.05) is 5.32 Å². The van der Waals surface area contributed by atoms with Gasteiger partial charge < -0.3 is 19.9 Å². The Balaban J connectivity index is 1.62. The number of nitrogens with zero attached hydrogens (tertiary/aromatic N) is 1. The first kappa shape index (κ1) is 22.1. The highest BCUT2D eigenvalue weighted by Crippen LogP contribution is 2.36. The molecular formula is C30H22BFN2O2. The zero-order chi connectivity index (χ0) is 24.6. The number of anilines is 2. The van der Waals surface area contributed by atoms with Crippen LogP contribution in [0.5, 0.6) is 0 Å². The molecule has 6 rings (SSSR count). The van der Waals surface area contributed by atoms with E-state index < -0.39 is 12.9 Å². The van der Waals surface area contributed by atoms with Crippen molar-refractivity contribution in [3.05, 3.63) is 121 Å². The number of hydrogen-bond donors (Lipinski definition) is 3. The van der Waals surface area contributed by atoms with Gasteiger partial charge in [0.05, 0.1) is 11.0 Å². The molecule has 5 aromatic carbocycles. The molecule has 0 aliphatic rings. The maximum Gasteiger partial charge on any atom is 0.491 e. The number of halogens is 1. The molecule has 0 fully saturated rings. The average molecular weight is 472 g/mol. The Kier molecular flexibility index (Phi) is 5.53. The van der Waals surface area contributed by atoms with E-state index >= 15 is 4.39 Å². The standard InChI is InChI=1S/C30H22BFN2O2/c32-30-25(22-12-4-7-15-27(22)33-20-10-2-1-3-11-20)18-21(19-26(30)31(35)36)34-28-16-8-5-13-23(28)24-14-6-9-17-29(24)34/h1-19,33,35-36H. The summed E-state index contributed by atoms with van der Waals surface area (Å²) in [5.41, 5.74) is 4.82. The molecule has 0 radical (unpaired) electrons. The van der Waals surface area contributed by atoms with Gasteiger partial charge in [-0.3, -0.25) is 0 Å². The molecule has 6 heteroatoms. The maximum absolute atomic E-state index is 15.8. The van der Waals surface area contributed by atoms with E-state index in [0.717, 1.165) is 27.5 Å². The van der Waals surface area contributed by atoms with E-state index in [-0.39, 0.29) is 11.0 Å². The lowest BCUT2D eigenvalue weighted by Crippen LogP contribution is -2.33. The number of para-hydroxylation sites is 4. The van der Waals surface area contributed by atoms with Crippen molar-refractivity contribution in [2.45, 2.75) is 0 Å². The molecule has 0 atom stereocenters. The number of fused-ring (bicyclic) bond motifs is 3. The number of nitrogens with one attached hydrogen (secondary N) is 1. The van der Waals surface area contributed by atoms with E-state index in [0.29, 0.717) is 16.9 Å². The van der Waals surface area contributed by atoms with Gasteiger partial charge in [-0.15, -0.1) is 0 Å². The largest absolute Gasteiger partial charge is 0.491 e. The van der Waals surface area contributed by atoms with Crippen LogP contribution in [0, 0.1) is 5.82 Å². The van der Waals surface area contributed by atoms with E-state index in [2.05, 4.69) is 17.4 Å². The second kappa shape index (κ2) is 9.00. The molecule has 0 saturated heterocycles. The Hall–Kier alpha value is -4.39. The Bertz CT molecular complexity index is 1660. The minimum absolute atomic E-state index is 0.182. The number of hydrogen-bond acceptors (Lipinski definition) is 3. The second-order valence-corrected chi connectivity index (χ2v) is 8.68. The lowest BCUT2D eigenvalue weighted by atomic mass is 9.77. The highest BCUT2D eigenvalue weighted by Gasteiger charge is 2.24. The molecule has 0 amide bonds. The van der Waals surface area contributed by atoms with Gasteiger partial charge in [-0.25, -0.2) is 4.39 Å². The first-order valence-corrected chi connectivity index (χ1v) is 11.7. The van der Waals surface area contributed by atoms with Crippen LogP contribution in [0.2, 0.25) is 0 Å². The lowest BCUT2D eigenvalue weighted by Gasteiger charge is -2.17. The molecule has 0 aliphatic heterocycles. The fourth-order valence-corrected chi connectivity index (χ4v) is 4.85. The summed E-state index contributed by atoms with van der Waals surface area (Å²) in [6.07, 6.45) is 0. The summed E-state index contributed by atoms with van der Waals surface area (Å²) in [7, 11) is -1.97. The molecule has 36 heavy (non-hydrogen) atoms. The maximum atomic E-state index is 15.8. The molecule has 6 aromatic rings. The highest BCUT2D eigenvalue weighted by molar-refractivity contribution is 6.59. The third-order valence-electron chi connectivity index (χ3n) is 6.47. The van der Waals surface area contributed by atoms with Gasteiger partial charge >= 0.3 is 7.12 Å². The molecule has 0 unspecified atom stereocenters. The average Bonchev–Trinajstić information content (AvgIpc) is 3.24. The fraction of sp³-hybridized carbons (Fsp3) is 0. The van der Waals surface area contributed by atoms with E-state index in [4.69, 9.17) is 0 Å². The molecule has 3 N–H and O–H groups in total. The van der Waals surface area contributed by atoms with Gasteiger partial charge in [0.1, 0.15) is 5.82 Å². The second-order valence-electron chi connectivity index (χ2n) is 8.68. The summed E-state index contributed by atoms with van der Waals surface area (Å²) >= 11 is 0. The van der Waals surface area contributed by atoms with Crippen LogP contribution in [0.3, 0.4) is 0 Å². The first-order chi connectivity index (χ1) is 17.6. The Morgan fingerprint density at radius 1 is 0.639 bits per heavy atom. The van der Waals surface area contributed by atoms with Crippen LogP contribution >= 0.6 is 0 Å². The van der Waals surface area contributed by atoms with Crippen molar-refractivity contribution in [1.82, 2.24) is 4.57 Å². The van der Waals surface area contributed by atoms with Crippen LogP contribution in [-0.2, 0) is 0 Å². The van der Waals surface area contributed by atoms with Gasteiger partial charge in [0.15, 0.2) is 0 Å². The Morgan fingerprint density at radius 3 is 1.89 bits per heavy atom. The van der Waals surface area contributed by atoms with E-state index in [1.807, 2.05) is 95.6 Å². The molecule has 0 spiro atoms. The molecule has 0 saturated carbocycles. The van der Waals surface area contributed by atoms with E-state index in [1.54, 1.807) is 6.07 Å². The van der Waals surface area contributed by atoms with Gasteiger partial charge in [0, 0.05) is 44.4 Å². The Morgan fingerprint density at radius 2 is 1.22 bits per heavy atom. The van der Waals surface area contributed by atoms with Crippen LogP contribution in [0.4, 0.5) is 15.8 Å². The summed E-state index contributed by atoms with van der Waals surface area (Å²) in [6.45, 7) is 0. The van der Waals surface area contributed by atoms with E-state index in [1.165, 1.54) is 6.07 Å². The number of rotatable bonds is 5. The van der Waals surface area contributed by atoms with Crippen LogP contribution in [0.25, 0.3) is 38.6 Å². The van der Waals surface area contributed by atoms with Gasteiger partial charge in [-0.1, -0.05) is 72.8 Å². The van der Waals surface area contributed by atoms with Crippen molar-refractivity contribution in [3.63, 3.8) is 0 Å². The van der Waals surface area contributed by atoms with Gasteiger partial charge in [0.2, 0.25) is 0 Å². The topological polar surface area (TPSA) is 57.4 Å². The van der Waals surface area contributed by atoms with E-state index in [9.17, 15) is 10.0 Å².